The molecule has 2 spiro atoms. The highest BCUT2D eigenvalue weighted by molar-refractivity contribution is 6.21. The summed E-state index contributed by atoms with van der Waals surface area (Å²) in [5.74, 6) is 4.49. The molecule has 125 heavy (non-hydrogen) atoms. The van der Waals surface area contributed by atoms with E-state index >= 15 is 0 Å². The predicted octanol–water partition coefficient (Wildman–Crippen LogP) is 28.6. The molecule has 0 radical (unpaired) electrons. The van der Waals surface area contributed by atoms with E-state index in [2.05, 4.69) is 385 Å². The summed E-state index contributed by atoms with van der Waals surface area (Å²) in [6, 6.07) is 149. The molecule has 9 heteroatoms. The maximum Gasteiger partial charge on any atom is 0.145 e. The molecule has 26 rings (SSSR count). The summed E-state index contributed by atoms with van der Waals surface area (Å²) >= 11 is 0. The van der Waals surface area contributed by atoms with E-state index in [1.165, 1.54) is 55.3 Å². The van der Waals surface area contributed by atoms with Crippen molar-refractivity contribution in [3.05, 3.63) is 475 Å². The Morgan fingerprint density at radius 2 is 0.576 bits per heavy atom. The first kappa shape index (κ1) is 71.3. The summed E-state index contributed by atoms with van der Waals surface area (Å²) < 4.78 is 15.5. The van der Waals surface area contributed by atoms with Crippen LogP contribution in [0.5, 0.6) is 23.0 Å². The van der Waals surface area contributed by atoms with Crippen molar-refractivity contribution >= 4 is 54.4 Å². The Morgan fingerprint density at radius 3 is 1.01 bits per heavy atom. The molecule has 582 valence electrons. The maximum atomic E-state index is 6.62. The van der Waals surface area contributed by atoms with Crippen molar-refractivity contribution < 1.29 is 9.47 Å². The van der Waals surface area contributed by atoms with Gasteiger partial charge in [-0.1, -0.05) is 322 Å². The summed E-state index contributed by atoms with van der Waals surface area (Å²) in [6.45, 7) is 0. The van der Waals surface area contributed by atoms with Gasteiger partial charge in [0.25, 0.3) is 0 Å². The van der Waals surface area contributed by atoms with Gasteiger partial charge >= 0.3 is 0 Å². The van der Waals surface area contributed by atoms with Crippen LogP contribution in [0.2, 0.25) is 0 Å². The van der Waals surface area contributed by atoms with Crippen molar-refractivity contribution in [2.45, 2.75) is 10.8 Å². The van der Waals surface area contributed by atoms with Gasteiger partial charge in [-0.15, -0.1) is 0 Å². The predicted molar refractivity (Wildman–Crippen MR) is 505 cm³/mol. The van der Waals surface area contributed by atoms with Crippen LogP contribution in [0, 0.1) is 0 Å². The lowest BCUT2D eigenvalue weighted by molar-refractivity contribution is 0.436. The van der Waals surface area contributed by atoms with Crippen molar-refractivity contribution in [1.82, 2.24) is 34.5 Å². The minimum Gasteiger partial charge on any atom is -0.457 e. The first-order valence-corrected chi connectivity index (χ1v) is 42.4. The molecule has 16 aromatic carbocycles. The normalized spacial score (nSPS) is 13.1. The van der Waals surface area contributed by atoms with Crippen LogP contribution >= 0.6 is 0 Å². The number of fused-ring (bicyclic) bond motifs is 27. The van der Waals surface area contributed by atoms with E-state index in [9.17, 15) is 0 Å². The number of hydrogen-bond acceptors (Lipinski definition) is 8. The minimum absolute atomic E-state index is 0.540. The lowest BCUT2D eigenvalue weighted by atomic mass is 9.66. The molecule has 0 N–H and O–H groups in total. The van der Waals surface area contributed by atoms with Crippen LogP contribution in [-0.4, -0.2) is 34.5 Å². The van der Waals surface area contributed by atoms with Gasteiger partial charge in [0.1, 0.15) is 28.8 Å². The van der Waals surface area contributed by atoms with Crippen molar-refractivity contribution in [3.63, 3.8) is 0 Å². The number of nitrogens with zero attached hydrogens (tertiary/aromatic N) is 7. The zero-order valence-electron chi connectivity index (χ0n) is 67.4. The Kier molecular flexibility index (Phi) is 16.3. The van der Waals surface area contributed by atoms with Gasteiger partial charge in [-0.25, -0.2) is 19.9 Å². The lowest BCUT2D eigenvalue weighted by Gasteiger charge is -2.39. The highest BCUT2D eigenvalue weighted by Crippen LogP contribution is 2.66. The molecule has 6 aromatic heterocycles. The van der Waals surface area contributed by atoms with Crippen molar-refractivity contribution in [2.24, 2.45) is 0 Å². The van der Waals surface area contributed by atoms with Gasteiger partial charge in [0.15, 0.2) is 0 Å². The van der Waals surface area contributed by atoms with Crippen LogP contribution in [-0.2, 0) is 10.8 Å². The molecule has 0 amide bonds. The zero-order valence-corrected chi connectivity index (χ0v) is 67.4. The molecular formula is C116H71N7O2. The van der Waals surface area contributed by atoms with E-state index in [-0.39, 0.29) is 0 Å². The molecule has 0 unspecified atom stereocenters. The quantitative estimate of drug-likeness (QED) is 0.132. The smallest absolute Gasteiger partial charge is 0.145 e. The molecule has 0 atom stereocenters. The second kappa shape index (κ2) is 28.5. The first-order chi connectivity index (χ1) is 62.0. The molecule has 0 saturated carbocycles. The number of para-hydroxylation sites is 9. The maximum absolute atomic E-state index is 6.62. The number of rotatable bonds is 9. The number of ether oxygens (including phenoxy) is 2. The monoisotopic (exact) mass is 1590 g/mol. The third kappa shape index (κ3) is 11.1. The number of pyridine rings is 5. The Bertz CT molecular complexity index is 7990. The average Bonchev–Trinajstić information content (AvgIpc) is 1.52. The van der Waals surface area contributed by atoms with Gasteiger partial charge in [0.2, 0.25) is 0 Å². The third-order valence-corrected chi connectivity index (χ3v) is 25.9. The average molecular weight is 1590 g/mol. The summed E-state index contributed by atoms with van der Waals surface area (Å²) in [7, 11) is 0. The molecule has 4 aliphatic rings. The first-order valence-electron chi connectivity index (χ1n) is 42.4. The molecular weight excluding hydrogens is 1520 g/mol. The number of aromatic nitrogens is 7. The van der Waals surface area contributed by atoms with E-state index in [0.717, 1.165) is 185 Å². The highest BCUT2D eigenvalue weighted by Gasteiger charge is 2.53. The van der Waals surface area contributed by atoms with Crippen LogP contribution in [0.3, 0.4) is 0 Å². The lowest BCUT2D eigenvalue weighted by Crippen LogP contribution is -2.32. The van der Waals surface area contributed by atoms with Gasteiger partial charge in [0.05, 0.1) is 67.1 Å². The highest BCUT2D eigenvalue weighted by atomic mass is 16.5. The minimum atomic E-state index is -0.548. The van der Waals surface area contributed by atoms with Gasteiger partial charge in [-0.3, -0.25) is 14.5 Å². The van der Waals surface area contributed by atoms with Gasteiger partial charge in [0, 0.05) is 89.3 Å². The number of hydrogen-bond donors (Lipinski definition) is 0. The molecule has 0 saturated heterocycles. The molecule has 9 nitrogen and oxygen atoms in total. The SMILES string of the molecule is c1ccc(-c2cc(-c3ccc(-c4ccc(-c5nc6ccccc6c6c7c(ccc56)C5(c6ccccc6Oc6ccccc65)c5ccccc5-7)cc4)cc3)cc(-c3ccccn3)n2)nc1.c1ccc(-n2c(-c3ccc(-c4ccc(-c5nc6ccccc6c6c7c(ccc56)C5(c6ccccc6Oc6ccccc65)c5ccccc5-7)cc4)cc3)nc3ccccc32)cc1. The van der Waals surface area contributed by atoms with Crippen molar-refractivity contribution in [1.29, 1.82) is 0 Å². The topological polar surface area (TPSA) is 101 Å². The Balaban J connectivity index is 0.000000137. The fourth-order valence-corrected chi connectivity index (χ4v) is 20.6. The summed E-state index contributed by atoms with van der Waals surface area (Å²) in [6.07, 6.45) is 3.60. The van der Waals surface area contributed by atoms with Crippen LogP contribution in [0.4, 0.5) is 0 Å². The van der Waals surface area contributed by atoms with E-state index < -0.39 is 10.8 Å². The van der Waals surface area contributed by atoms with Crippen LogP contribution in [0.1, 0.15) is 44.5 Å². The van der Waals surface area contributed by atoms with Gasteiger partial charge in [-0.05, 0) is 175 Å². The number of imidazole rings is 1. The van der Waals surface area contributed by atoms with E-state index in [1.54, 1.807) is 12.4 Å². The van der Waals surface area contributed by atoms with Gasteiger partial charge in [-0.2, -0.15) is 0 Å². The van der Waals surface area contributed by atoms with Crippen LogP contribution in [0.25, 0.3) is 172 Å². The molecule has 22 aromatic rings. The number of benzene rings is 16. The molecule has 0 bridgehead atoms. The van der Waals surface area contributed by atoms with Crippen LogP contribution < -0.4 is 9.47 Å². The van der Waals surface area contributed by atoms with Crippen LogP contribution in [0.15, 0.2) is 431 Å². The second-order valence-corrected chi connectivity index (χ2v) is 32.5. The molecule has 0 fully saturated rings. The molecule has 2 aliphatic carbocycles. The van der Waals surface area contributed by atoms with Crippen molar-refractivity contribution in [3.8, 4) is 141 Å². The fraction of sp³-hybridized carbons (Fsp3) is 0.0172. The van der Waals surface area contributed by atoms with E-state index in [4.69, 9.17) is 29.4 Å². The van der Waals surface area contributed by atoms with Crippen molar-refractivity contribution in [2.75, 3.05) is 0 Å². The summed E-state index contributed by atoms with van der Waals surface area (Å²) in [4.78, 5) is 30.0. The third-order valence-electron chi connectivity index (χ3n) is 25.9. The second-order valence-electron chi connectivity index (χ2n) is 32.5. The largest absolute Gasteiger partial charge is 0.457 e. The van der Waals surface area contributed by atoms with E-state index in [1.807, 2.05) is 48.5 Å². The van der Waals surface area contributed by atoms with Gasteiger partial charge < -0.3 is 9.47 Å². The Morgan fingerprint density at radius 1 is 0.224 bits per heavy atom. The van der Waals surface area contributed by atoms with E-state index in [0.29, 0.717) is 0 Å². The Labute approximate surface area is 720 Å². The zero-order chi connectivity index (χ0) is 82.3. The molecule has 2 aliphatic heterocycles. The Hall–Kier alpha value is -16.6. The summed E-state index contributed by atoms with van der Waals surface area (Å²) in [5, 5.41) is 7.00. The molecule has 8 heterocycles. The standard InChI is InChI=1S/C59H36N4O.C57H35N3O/c1-3-15-45-42(13-1)57-48(59(45)46-16-4-7-21-54(46)64-55-22-8-5-17-47(55)59)32-31-44-56(57)43-14-2-6-18-49(43)63-58(44)40-29-27-38(28-30-40)37-23-25-39(26-24-37)41-35-52(50-19-9-11-33-60-50)62-53(36-41)51-20-10-12-34-61-51;1-2-14-40(15-3-1)60-50-23-11-10-22-49(50)59-56(60)39-32-28-37(29-33-39)36-26-30-38(31-27-36)55-43-34-35-47-54(53(43)42-17-5-9-21-48(42)58-55)41-16-4-6-18-44(41)57(47)45-19-7-12-24-51(45)61-52-25-13-8-20-46(52)57/h1-36H;1-35H. The summed E-state index contributed by atoms with van der Waals surface area (Å²) in [5.41, 5.74) is 33.8. The fourth-order valence-electron chi connectivity index (χ4n) is 20.6.